The van der Waals surface area contributed by atoms with E-state index in [0.29, 0.717) is 35.6 Å². The SMILES string of the molecule is CN1CCN(CCC(=O)Nc2cccnc2-c2ncccc2NC(=O)CCN2CCN(C)CC2)CC1. The molecule has 4 heterocycles. The third-order valence-corrected chi connectivity index (χ3v) is 6.89. The molecule has 10 heteroatoms. The van der Waals surface area contributed by atoms with E-state index in [1.807, 2.05) is 12.1 Å². The summed E-state index contributed by atoms with van der Waals surface area (Å²) in [5.74, 6) is -0.117. The first-order valence-corrected chi connectivity index (χ1v) is 12.8. The van der Waals surface area contributed by atoms with Crippen LogP contribution in [0.15, 0.2) is 36.7 Å². The summed E-state index contributed by atoms with van der Waals surface area (Å²) in [5.41, 5.74) is 2.26. The Morgan fingerprint density at radius 3 is 1.47 bits per heavy atom. The van der Waals surface area contributed by atoms with Crippen molar-refractivity contribution < 1.29 is 9.59 Å². The van der Waals surface area contributed by atoms with Crippen molar-refractivity contribution in [1.82, 2.24) is 29.6 Å². The number of likely N-dealkylation sites (N-methyl/N-ethyl adjacent to an activating group) is 2. The lowest BCUT2D eigenvalue weighted by atomic mass is 10.1. The lowest BCUT2D eigenvalue weighted by Gasteiger charge is -2.32. The van der Waals surface area contributed by atoms with Gasteiger partial charge < -0.3 is 30.2 Å². The van der Waals surface area contributed by atoms with Gasteiger partial charge in [0.2, 0.25) is 11.8 Å². The minimum absolute atomic E-state index is 0.0585. The summed E-state index contributed by atoms with van der Waals surface area (Å²) >= 11 is 0. The van der Waals surface area contributed by atoms with Crippen LogP contribution in [0.2, 0.25) is 0 Å². The molecule has 2 aromatic heterocycles. The Labute approximate surface area is 213 Å². The van der Waals surface area contributed by atoms with Gasteiger partial charge in [0.25, 0.3) is 0 Å². The smallest absolute Gasteiger partial charge is 0.225 e. The highest BCUT2D eigenvalue weighted by molar-refractivity contribution is 5.98. The van der Waals surface area contributed by atoms with Crippen molar-refractivity contribution in [1.29, 1.82) is 0 Å². The number of anilines is 2. The van der Waals surface area contributed by atoms with E-state index in [1.54, 1.807) is 24.5 Å². The molecular weight excluding hydrogens is 456 g/mol. The molecule has 0 aliphatic carbocycles. The Bertz CT molecular complexity index is 935. The summed E-state index contributed by atoms with van der Waals surface area (Å²) in [6.07, 6.45) is 4.16. The van der Waals surface area contributed by atoms with Crippen LogP contribution in [0.5, 0.6) is 0 Å². The van der Waals surface area contributed by atoms with Gasteiger partial charge in [-0.05, 0) is 38.4 Å². The standard InChI is InChI=1S/C26H38N8O2/c1-31-13-17-33(18-14-31)11-7-23(35)29-21-5-3-9-27-25(21)26-22(6-4-10-28-26)30-24(36)8-12-34-19-15-32(2)16-20-34/h3-6,9-10H,7-8,11-20H2,1-2H3,(H,29,35)(H,30,36). The first-order chi connectivity index (χ1) is 17.5. The van der Waals surface area contributed by atoms with Crippen molar-refractivity contribution in [2.75, 3.05) is 90.2 Å². The van der Waals surface area contributed by atoms with Crippen LogP contribution in [0, 0.1) is 0 Å². The molecular formula is C26H38N8O2. The van der Waals surface area contributed by atoms with Crippen molar-refractivity contribution >= 4 is 23.2 Å². The Morgan fingerprint density at radius 1 is 0.694 bits per heavy atom. The maximum absolute atomic E-state index is 12.7. The lowest BCUT2D eigenvalue weighted by Crippen LogP contribution is -2.45. The molecule has 2 N–H and O–H groups in total. The number of carbonyl (C=O) groups is 2. The molecule has 0 atom stereocenters. The number of hydrogen-bond donors (Lipinski definition) is 2. The van der Waals surface area contributed by atoms with Gasteiger partial charge in [0, 0.05) is 90.7 Å². The molecule has 0 aromatic carbocycles. The van der Waals surface area contributed by atoms with E-state index in [1.165, 1.54) is 0 Å². The second kappa shape index (κ2) is 12.9. The molecule has 0 radical (unpaired) electrons. The predicted octanol–water partition coefficient (Wildman–Crippen LogP) is 1.30. The Morgan fingerprint density at radius 2 is 1.08 bits per heavy atom. The number of hydrogen-bond acceptors (Lipinski definition) is 8. The van der Waals surface area contributed by atoms with Crippen LogP contribution in [0.25, 0.3) is 11.4 Å². The minimum atomic E-state index is -0.0585. The number of amides is 2. The number of carbonyl (C=O) groups excluding carboxylic acids is 2. The molecule has 0 bridgehead atoms. The number of nitrogens with zero attached hydrogens (tertiary/aromatic N) is 6. The quantitative estimate of drug-likeness (QED) is 0.539. The molecule has 36 heavy (non-hydrogen) atoms. The summed E-state index contributed by atoms with van der Waals surface area (Å²) in [5, 5.41) is 6.02. The van der Waals surface area contributed by atoms with Crippen molar-refractivity contribution in [2.45, 2.75) is 12.8 Å². The normalized spacial score (nSPS) is 18.2. The lowest BCUT2D eigenvalue weighted by molar-refractivity contribution is -0.117. The van der Waals surface area contributed by atoms with Gasteiger partial charge in [-0.25, -0.2) is 0 Å². The number of rotatable bonds is 9. The van der Waals surface area contributed by atoms with E-state index < -0.39 is 0 Å². The summed E-state index contributed by atoms with van der Waals surface area (Å²) in [6, 6.07) is 7.22. The number of nitrogens with one attached hydrogen (secondary N) is 2. The van der Waals surface area contributed by atoms with Crippen molar-refractivity contribution in [3.05, 3.63) is 36.7 Å². The second-order valence-electron chi connectivity index (χ2n) is 9.69. The van der Waals surface area contributed by atoms with Crippen LogP contribution in [0.4, 0.5) is 11.4 Å². The maximum atomic E-state index is 12.7. The maximum Gasteiger partial charge on any atom is 0.225 e. The van der Waals surface area contributed by atoms with Crippen molar-refractivity contribution in [3.8, 4) is 11.4 Å². The average molecular weight is 495 g/mol. The van der Waals surface area contributed by atoms with E-state index in [9.17, 15) is 9.59 Å². The van der Waals surface area contributed by atoms with Crippen LogP contribution < -0.4 is 10.6 Å². The van der Waals surface area contributed by atoms with Gasteiger partial charge in [-0.1, -0.05) is 0 Å². The molecule has 2 aromatic rings. The second-order valence-corrected chi connectivity index (χ2v) is 9.69. The first kappa shape index (κ1) is 26.2. The molecule has 2 amide bonds. The van der Waals surface area contributed by atoms with Gasteiger partial charge in [0.05, 0.1) is 11.4 Å². The molecule has 0 unspecified atom stereocenters. The average Bonchev–Trinajstić information content (AvgIpc) is 2.89. The van der Waals surface area contributed by atoms with Crippen LogP contribution in [0.3, 0.4) is 0 Å². The van der Waals surface area contributed by atoms with Gasteiger partial charge in [-0.15, -0.1) is 0 Å². The van der Waals surface area contributed by atoms with Crippen LogP contribution in [-0.2, 0) is 9.59 Å². The summed E-state index contributed by atoms with van der Waals surface area (Å²) < 4.78 is 0. The van der Waals surface area contributed by atoms with Crippen molar-refractivity contribution in [2.24, 2.45) is 0 Å². The van der Waals surface area contributed by atoms with Crippen LogP contribution in [0.1, 0.15) is 12.8 Å². The van der Waals surface area contributed by atoms with Gasteiger partial charge in [0.1, 0.15) is 11.4 Å². The number of pyridine rings is 2. The molecule has 0 spiro atoms. The fourth-order valence-electron chi connectivity index (χ4n) is 4.48. The zero-order valence-corrected chi connectivity index (χ0v) is 21.4. The third-order valence-electron chi connectivity index (χ3n) is 6.89. The fraction of sp³-hybridized carbons (Fsp3) is 0.538. The van der Waals surface area contributed by atoms with Gasteiger partial charge in [0.15, 0.2) is 0 Å². The summed E-state index contributed by atoms with van der Waals surface area (Å²) in [7, 11) is 4.24. The molecule has 2 saturated heterocycles. The molecule has 2 aliphatic rings. The Kier molecular flexibility index (Phi) is 9.35. The molecule has 4 rings (SSSR count). The summed E-state index contributed by atoms with van der Waals surface area (Å²) in [4.78, 5) is 43.7. The monoisotopic (exact) mass is 494 g/mol. The highest BCUT2D eigenvalue weighted by atomic mass is 16.2. The van der Waals surface area contributed by atoms with E-state index >= 15 is 0 Å². The van der Waals surface area contributed by atoms with E-state index in [-0.39, 0.29) is 11.8 Å². The van der Waals surface area contributed by atoms with E-state index in [0.717, 1.165) is 65.4 Å². The van der Waals surface area contributed by atoms with Gasteiger partial charge in [-0.2, -0.15) is 0 Å². The van der Waals surface area contributed by atoms with E-state index in [2.05, 4.69) is 54.3 Å². The largest absolute Gasteiger partial charge is 0.324 e. The zero-order valence-electron chi connectivity index (χ0n) is 21.4. The number of piperazine rings is 2. The predicted molar refractivity (Wildman–Crippen MR) is 142 cm³/mol. The zero-order chi connectivity index (χ0) is 25.3. The molecule has 10 nitrogen and oxygen atoms in total. The highest BCUT2D eigenvalue weighted by Gasteiger charge is 2.19. The first-order valence-electron chi connectivity index (χ1n) is 12.8. The Balaban J connectivity index is 1.36. The molecule has 2 fully saturated rings. The minimum Gasteiger partial charge on any atom is -0.324 e. The highest BCUT2D eigenvalue weighted by Crippen LogP contribution is 2.30. The topological polar surface area (TPSA) is 96.9 Å². The molecule has 2 aliphatic heterocycles. The van der Waals surface area contributed by atoms with Crippen LogP contribution >= 0.6 is 0 Å². The third kappa shape index (κ3) is 7.54. The van der Waals surface area contributed by atoms with E-state index in [4.69, 9.17) is 0 Å². The Hall–Kier alpha value is -2.92. The van der Waals surface area contributed by atoms with Gasteiger partial charge >= 0.3 is 0 Å². The summed E-state index contributed by atoms with van der Waals surface area (Å²) in [6.45, 7) is 9.48. The molecule has 194 valence electrons. The van der Waals surface area contributed by atoms with Crippen molar-refractivity contribution in [3.63, 3.8) is 0 Å². The number of aromatic nitrogens is 2. The van der Waals surface area contributed by atoms with Gasteiger partial charge in [-0.3, -0.25) is 19.6 Å². The van der Waals surface area contributed by atoms with Crippen LogP contribution in [-0.4, -0.2) is 121 Å². The molecule has 0 saturated carbocycles. The fourth-order valence-corrected chi connectivity index (χ4v) is 4.48.